The van der Waals surface area contributed by atoms with Crippen molar-refractivity contribution in [2.45, 2.75) is 45.1 Å². The maximum absolute atomic E-state index is 11.9. The summed E-state index contributed by atoms with van der Waals surface area (Å²) in [5, 5.41) is 11.7. The van der Waals surface area contributed by atoms with Crippen LogP contribution in [0.3, 0.4) is 0 Å². The summed E-state index contributed by atoms with van der Waals surface area (Å²) < 4.78 is 5.09. The van der Waals surface area contributed by atoms with E-state index < -0.39 is 5.60 Å². The molecule has 1 aliphatic carbocycles. The van der Waals surface area contributed by atoms with Crippen LogP contribution in [0.25, 0.3) is 10.6 Å². The van der Waals surface area contributed by atoms with Crippen molar-refractivity contribution in [3.63, 3.8) is 0 Å². The average Bonchev–Trinajstić information content (AvgIpc) is 3.06. The highest BCUT2D eigenvalue weighted by molar-refractivity contribution is 7.15. The lowest BCUT2D eigenvalue weighted by Gasteiger charge is -2.33. The van der Waals surface area contributed by atoms with Gasteiger partial charge in [0.2, 0.25) is 0 Å². The third-order valence-electron chi connectivity index (χ3n) is 4.58. The van der Waals surface area contributed by atoms with Gasteiger partial charge in [0.25, 0.3) is 0 Å². The van der Waals surface area contributed by atoms with Crippen LogP contribution in [0.15, 0.2) is 18.3 Å². The van der Waals surface area contributed by atoms with Gasteiger partial charge in [-0.05, 0) is 57.2 Å². The Morgan fingerprint density at radius 1 is 1.44 bits per heavy atom. The molecule has 1 fully saturated rings. The highest BCUT2D eigenvalue weighted by Crippen LogP contribution is 2.42. The molecule has 0 bridgehead atoms. The summed E-state index contributed by atoms with van der Waals surface area (Å²) in [5.41, 5.74) is 6.64. The molecular formula is C18H23N3O3S. The summed E-state index contributed by atoms with van der Waals surface area (Å²) in [4.78, 5) is 21.5. The van der Waals surface area contributed by atoms with Crippen LogP contribution in [0, 0.1) is 12.8 Å². The molecule has 0 aliphatic heterocycles. The van der Waals surface area contributed by atoms with E-state index in [1.165, 1.54) is 11.3 Å². The van der Waals surface area contributed by atoms with E-state index in [2.05, 4.69) is 9.97 Å². The van der Waals surface area contributed by atoms with Crippen LogP contribution in [0.4, 0.5) is 5.82 Å². The fourth-order valence-electron chi connectivity index (χ4n) is 3.23. The summed E-state index contributed by atoms with van der Waals surface area (Å²) >= 11 is 1.43. The summed E-state index contributed by atoms with van der Waals surface area (Å²) in [5.74, 6) is 0.181. The maximum Gasteiger partial charge on any atom is 0.308 e. The molecule has 6 nitrogen and oxygen atoms in total. The van der Waals surface area contributed by atoms with Crippen molar-refractivity contribution in [1.82, 2.24) is 9.97 Å². The Morgan fingerprint density at radius 2 is 2.16 bits per heavy atom. The zero-order valence-corrected chi connectivity index (χ0v) is 15.3. The number of carbonyl (C=O) groups excluding carboxylic acids is 1. The second-order valence-electron chi connectivity index (χ2n) is 6.54. The molecule has 0 radical (unpaired) electrons. The van der Waals surface area contributed by atoms with Gasteiger partial charge in [-0.25, -0.2) is 9.97 Å². The molecule has 1 aliphatic rings. The molecule has 1 saturated carbocycles. The number of ether oxygens (including phenoxy) is 1. The summed E-state index contributed by atoms with van der Waals surface area (Å²) in [6.07, 6.45) is 3.97. The summed E-state index contributed by atoms with van der Waals surface area (Å²) in [7, 11) is 0. The minimum atomic E-state index is -0.985. The number of aliphatic hydroxyl groups is 1. The first-order valence-corrected chi connectivity index (χ1v) is 9.33. The number of aryl methyl sites for hydroxylation is 1. The molecule has 0 saturated heterocycles. The van der Waals surface area contributed by atoms with Crippen molar-refractivity contribution in [2.24, 2.45) is 5.92 Å². The van der Waals surface area contributed by atoms with Crippen molar-refractivity contribution in [1.29, 1.82) is 0 Å². The average molecular weight is 361 g/mol. The van der Waals surface area contributed by atoms with Gasteiger partial charge in [0, 0.05) is 6.20 Å². The molecule has 2 aromatic heterocycles. The normalized spacial score (nSPS) is 23.4. The van der Waals surface area contributed by atoms with E-state index in [4.69, 9.17) is 10.5 Å². The van der Waals surface area contributed by atoms with Gasteiger partial charge in [0.15, 0.2) is 0 Å². The van der Waals surface area contributed by atoms with Crippen molar-refractivity contribution >= 4 is 23.1 Å². The number of pyridine rings is 1. The number of anilines is 1. The van der Waals surface area contributed by atoms with Crippen molar-refractivity contribution < 1.29 is 14.6 Å². The van der Waals surface area contributed by atoms with Gasteiger partial charge < -0.3 is 15.6 Å². The molecule has 25 heavy (non-hydrogen) atoms. The Bertz CT molecular complexity index is 746. The SMILES string of the molecule is CCOC(=O)[C@H]1CC[C@](O)(c2ncc(-c3cc(C)cc(N)n3)s2)CC1. The zero-order chi connectivity index (χ0) is 18.0. The Labute approximate surface area is 151 Å². The van der Waals surface area contributed by atoms with Gasteiger partial charge in [-0.3, -0.25) is 4.79 Å². The lowest BCUT2D eigenvalue weighted by Crippen LogP contribution is -2.34. The number of hydrogen-bond donors (Lipinski definition) is 2. The van der Waals surface area contributed by atoms with E-state index >= 15 is 0 Å². The van der Waals surface area contributed by atoms with Gasteiger partial charge in [0.05, 0.1) is 23.1 Å². The third kappa shape index (κ3) is 3.82. The van der Waals surface area contributed by atoms with E-state index in [-0.39, 0.29) is 11.9 Å². The maximum atomic E-state index is 11.9. The minimum Gasteiger partial charge on any atom is -0.466 e. The fraction of sp³-hybridized carbons (Fsp3) is 0.500. The lowest BCUT2D eigenvalue weighted by atomic mass is 9.79. The second kappa shape index (κ2) is 7.09. The van der Waals surface area contributed by atoms with Gasteiger partial charge in [-0.2, -0.15) is 0 Å². The number of esters is 1. The standard InChI is InChI=1S/C18H23N3O3S/c1-3-24-16(22)12-4-6-18(23,7-5-12)17-20-10-14(25-17)13-8-11(2)9-15(19)21-13/h8-10,12,23H,3-7H2,1-2H3,(H2,19,21)/t12-,18+. The minimum absolute atomic E-state index is 0.127. The summed E-state index contributed by atoms with van der Waals surface area (Å²) in [6, 6.07) is 3.77. The molecule has 7 heteroatoms. The summed E-state index contributed by atoms with van der Waals surface area (Å²) in [6.45, 7) is 4.16. The van der Waals surface area contributed by atoms with E-state index in [0.717, 1.165) is 16.1 Å². The first-order valence-electron chi connectivity index (χ1n) is 8.51. The fourth-order valence-corrected chi connectivity index (χ4v) is 4.26. The highest BCUT2D eigenvalue weighted by Gasteiger charge is 2.39. The van der Waals surface area contributed by atoms with E-state index in [1.54, 1.807) is 13.1 Å². The van der Waals surface area contributed by atoms with E-state index in [9.17, 15) is 9.90 Å². The van der Waals surface area contributed by atoms with Crippen molar-refractivity contribution in [2.75, 3.05) is 12.3 Å². The topological polar surface area (TPSA) is 98.3 Å². The van der Waals surface area contributed by atoms with Crippen LogP contribution >= 0.6 is 11.3 Å². The van der Waals surface area contributed by atoms with E-state index in [1.807, 2.05) is 19.1 Å². The molecule has 3 N–H and O–H groups in total. The molecule has 3 rings (SSSR count). The van der Waals surface area contributed by atoms with Crippen LogP contribution in [-0.2, 0) is 15.1 Å². The predicted molar refractivity (Wildman–Crippen MR) is 97.0 cm³/mol. The first kappa shape index (κ1) is 17.8. The molecule has 2 aromatic rings. The monoisotopic (exact) mass is 361 g/mol. The molecule has 134 valence electrons. The van der Waals surface area contributed by atoms with Crippen LogP contribution in [0.5, 0.6) is 0 Å². The number of nitrogens with zero attached hydrogens (tertiary/aromatic N) is 2. The number of aromatic nitrogens is 2. The van der Waals surface area contributed by atoms with Gasteiger partial charge in [-0.1, -0.05) is 0 Å². The number of thiazole rings is 1. The largest absolute Gasteiger partial charge is 0.466 e. The molecule has 0 atom stereocenters. The zero-order valence-electron chi connectivity index (χ0n) is 14.5. The molecule has 0 amide bonds. The lowest BCUT2D eigenvalue weighted by molar-refractivity contribution is -0.151. The molecule has 0 aromatic carbocycles. The quantitative estimate of drug-likeness (QED) is 0.812. The van der Waals surface area contributed by atoms with Crippen molar-refractivity contribution in [3.05, 3.63) is 28.9 Å². The van der Waals surface area contributed by atoms with Crippen LogP contribution < -0.4 is 5.73 Å². The van der Waals surface area contributed by atoms with Crippen molar-refractivity contribution in [3.8, 4) is 10.6 Å². The number of hydrogen-bond acceptors (Lipinski definition) is 7. The first-order chi connectivity index (χ1) is 11.9. The second-order valence-corrected chi connectivity index (χ2v) is 7.57. The molecule has 0 spiro atoms. The number of nitrogens with two attached hydrogens (primary N) is 1. The Kier molecular flexibility index (Phi) is 5.06. The van der Waals surface area contributed by atoms with Gasteiger partial charge >= 0.3 is 5.97 Å². The van der Waals surface area contributed by atoms with Crippen LogP contribution in [-0.4, -0.2) is 27.7 Å². The molecule has 0 unspecified atom stereocenters. The molecule has 2 heterocycles. The number of rotatable bonds is 4. The number of carbonyl (C=O) groups is 1. The van der Waals surface area contributed by atoms with Gasteiger partial charge in [-0.15, -0.1) is 11.3 Å². The Balaban J connectivity index is 1.75. The van der Waals surface area contributed by atoms with Crippen LogP contribution in [0.1, 0.15) is 43.2 Å². The Morgan fingerprint density at radius 3 is 2.80 bits per heavy atom. The molecular weight excluding hydrogens is 338 g/mol. The smallest absolute Gasteiger partial charge is 0.308 e. The third-order valence-corrected chi connectivity index (χ3v) is 5.79. The van der Waals surface area contributed by atoms with Crippen LogP contribution in [0.2, 0.25) is 0 Å². The highest BCUT2D eigenvalue weighted by atomic mass is 32.1. The predicted octanol–water partition coefficient (Wildman–Crippen LogP) is 3.04. The van der Waals surface area contributed by atoms with E-state index in [0.29, 0.717) is 43.1 Å². The Hall–Kier alpha value is -1.99. The van der Waals surface area contributed by atoms with Gasteiger partial charge in [0.1, 0.15) is 16.4 Å². The number of nitrogen functional groups attached to an aromatic ring is 1.